The molecule has 0 aliphatic carbocycles. The predicted molar refractivity (Wildman–Crippen MR) is 20.7 cm³/mol. The van der Waals surface area contributed by atoms with Gasteiger partial charge in [0.25, 0.3) is 0 Å². The molecule has 0 heterocycles. The van der Waals surface area contributed by atoms with Crippen LogP contribution in [0.4, 0.5) is 0 Å². The first kappa shape index (κ1) is 7.82. The Morgan fingerprint density at radius 1 is 1.12 bits per heavy atom. The molecule has 0 rings (SSSR count). The quantitative estimate of drug-likeness (QED) is 0.193. The molecule has 0 aromatic carbocycles. The van der Waals surface area contributed by atoms with E-state index in [1.54, 1.807) is 0 Å². The molecule has 0 aromatic heterocycles. The summed E-state index contributed by atoms with van der Waals surface area (Å²) in [6, 6.07) is 0. The number of hydrogen-bond donors (Lipinski definition) is 5. The summed E-state index contributed by atoms with van der Waals surface area (Å²) in [6.07, 6.45) is -3.48. The molecule has 0 spiro atoms. The summed E-state index contributed by atoms with van der Waals surface area (Å²) in [7, 11) is -2.41. The Morgan fingerprint density at radius 2 is 1.50 bits per heavy atom. The minimum absolute atomic E-state index is 2.41. The molecular weight excluding hydrogens is 119 g/mol. The maximum absolute atomic E-state index is 7.76. The zero-order chi connectivity index (χ0) is 6.78. The van der Waals surface area contributed by atoms with Crippen molar-refractivity contribution >= 4 is 7.32 Å². The van der Waals surface area contributed by atoms with Gasteiger partial charge >= 0.3 is 13.5 Å². The second-order valence-electron chi connectivity index (χ2n) is 1.02. The zero-order valence-corrected chi connectivity index (χ0v) is 3.72. The van der Waals surface area contributed by atoms with E-state index in [0.717, 1.165) is 0 Å². The van der Waals surface area contributed by atoms with Crippen LogP contribution in [0, 0.1) is 0 Å². The highest BCUT2D eigenvalue weighted by Gasteiger charge is 2.26. The molecule has 0 aromatic rings. The van der Waals surface area contributed by atoms with Gasteiger partial charge in [0, 0.05) is 0 Å². The van der Waals surface area contributed by atoms with Crippen LogP contribution in [-0.4, -0.2) is 38.8 Å². The highest BCUT2D eigenvalue weighted by atomic mass is 16.9. The van der Waals surface area contributed by atoms with Crippen molar-refractivity contribution in [1.82, 2.24) is 0 Å². The first-order valence-electron chi connectivity index (χ1n) is 1.63. The third-order valence-corrected chi connectivity index (χ3v) is 0.264. The second-order valence-corrected chi connectivity index (χ2v) is 1.02. The monoisotopic (exact) mass is 124 g/mol. The normalized spacial score (nSPS) is 11.6. The molecule has 0 saturated heterocycles. The lowest BCUT2D eigenvalue weighted by Crippen LogP contribution is -2.38. The van der Waals surface area contributed by atoms with Gasteiger partial charge in [-0.25, -0.2) is 0 Å². The summed E-state index contributed by atoms with van der Waals surface area (Å²) in [5, 5.41) is 38.8. The predicted octanol–water partition coefficient (Wildman–Crippen LogP) is -3.44. The van der Waals surface area contributed by atoms with Gasteiger partial charge in [-0.2, -0.15) is 0 Å². The summed E-state index contributed by atoms with van der Waals surface area (Å²) in [5.41, 5.74) is 0. The van der Waals surface area contributed by atoms with Crippen molar-refractivity contribution < 1.29 is 30.0 Å². The van der Waals surface area contributed by atoms with Crippen LogP contribution in [0.15, 0.2) is 0 Å². The van der Waals surface area contributed by atoms with Crippen molar-refractivity contribution in [3.05, 3.63) is 0 Å². The molecule has 0 saturated carbocycles. The van der Waals surface area contributed by atoms with Crippen LogP contribution in [-0.2, 0) is 4.65 Å². The third-order valence-electron chi connectivity index (χ3n) is 0.264. The average molecular weight is 124 g/mol. The van der Waals surface area contributed by atoms with Gasteiger partial charge in [-0.05, 0) is 0 Å². The fourth-order valence-electron chi connectivity index (χ4n) is 0.141. The van der Waals surface area contributed by atoms with Crippen LogP contribution in [0.5, 0.6) is 0 Å². The SMILES string of the molecule is OB(O)OC(O)(O)O. The number of rotatable bonds is 2. The topological polar surface area (TPSA) is 110 Å². The van der Waals surface area contributed by atoms with Crippen molar-refractivity contribution in [3.8, 4) is 0 Å². The molecule has 0 aliphatic heterocycles. The number of aliphatic hydroxyl groups is 3. The molecule has 0 aliphatic rings. The minimum atomic E-state index is -3.48. The third kappa shape index (κ3) is 5.82. The van der Waals surface area contributed by atoms with E-state index in [0.29, 0.717) is 0 Å². The van der Waals surface area contributed by atoms with Gasteiger partial charge in [0.15, 0.2) is 0 Å². The largest absolute Gasteiger partial charge is 0.639 e. The van der Waals surface area contributed by atoms with E-state index in [-0.39, 0.29) is 0 Å². The Hall–Kier alpha value is -0.175. The molecule has 0 bridgehead atoms. The van der Waals surface area contributed by atoms with Crippen LogP contribution in [0.1, 0.15) is 0 Å². The zero-order valence-electron chi connectivity index (χ0n) is 3.72. The summed E-state index contributed by atoms with van der Waals surface area (Å²) < 4.78 is 3.22. The van der Waals surface area contributed by atoms with Crippen molar-refractivity contribution in [2.75, 3.05) is 0 Å². The van der Waals surface area contributed by atoms with E-state index in [1.165, 1.54) is 0 Å². The van der Waals surface area contributed by atoms with Gasteiger partial charge in [-0.15, -0.1) is 0 Å². The lowest BCUT2D eigenvalue weighted by Gasteiger charge is -2.12. The first-order chi connectivity index (χ1) is 3.42. The van der Waals surface area contributed by atoms with Crippen molar-refractivity contribution in [2.45, 2.75) is 6.16 Å². The van der Waals surface area contributed by atoms with Crippen molar-refractivity contribution in [2.24, 2.45) is 0 Å². The van der Waals surface area contributed by atoms with Crippen LogP contribution < -0.4 is 0 Å². The molecule has 0 atom stereocenters. The standard InChI is InChI=1S/CH5BO6/c3-1(4,5)8-2(6)7/h3-7H. The van der Waals surface area contributed by atoms with E-state index in [9.17, 15) is 0 Å². The Morgan fingerprint density at radius 3 is 1.50 bits per heavy atom. The Kier molecular flexibility index (Phi) is 2.35. The van der Waals surface area contributed by atoms with E-state index in [4.69, 9.17) is 25.4 Å². The summed E-state index contributed by atoms with van der Waals surface area (Å²) in [4.78, 5) is 0. The van der Waals surface area contributed by atoms with Gasteiger partial charge < -0.3 is 30.0 Å². The Labute approximate surface area is 44.8 Å². The van der Waals surface area contributed by atoms with Gasteiger partial charge in [0.1, 0.15) is 0 Å². The molecule has 8 heavy (non-hydrogen) atoms. The lowest BCUT2D eigenvalue weighted by atomic mass is 10.3. The molecule has 5 N–H and O–H groups in total. The van der Waals surface area contributed by atoms with Gasteiger partial charge in [0.2, 0.25) is 0 Å². The van der Waals surface area contributed by atoms with Crippen molar-refractivity contribution in [3.63, 3.8) is 0 Å². The van der Waals surface area contributed by atoms with Gasteiger partial charge in [-0.3, -0.25) is 0 Å². The van der Waals surface area contributed by atoms with Gasteiger partial charge in [0.05, 0.1) is 0 Å². The second kappa shape index (κ2) is 2.40. The molecular formula is CH5BO6. The summed E-state index contributed by atoms with van der Waals surface area (Å²) in [5.74, 6) is 0. The minimum Gasteiger partial charge on any atom is -0.402 e. The average Bonchev–Trinajstić information content (AvgIpc) is 1.21. The Bertz CT molecular complexity index is 63.4. The van der Waals surface area contributed by atoms with Crippen molar-refractivity contribution in [1.29, 1.82) is 0 Å². The number of hydrogen-bond acceptors (Lipinski definition) is 6. The fraction of sp³-hybridized carbons (Fsp3) is 1.00. The molecule has 0 radical (unpaired) electrons. The van der Waals surface area contributed by atoms with Crippen LogP contribution in [0.2, 0.25) is 0 Å². The van der Waals surface area contributed by atoms with E-state index in [1.807, 2.05) is 0 Å². The molecule has 6 nitrogen and oxygen atoms in total. The van der Waals surface area contributed by atoms with E-state index >= 15 is 0 Å². The molecule has 7 heteroatoms. The first-order valence-corrected chi connectivity index (χ1v) is 1.63. The summed E-state index contributed by atoms with van der Waals surface area (Å²) >= 11 is 0. The van der Waals surface area contributed by atoms with E-state index in [2.05, 4.69) is 4.65 Å². The highest BCUT2D eigenvalue weighted by molar-refractivity contribution is 6.32. The van der Waals surface area contributed by atoms with Gasteiger partial charge in [-0.1, -0.05) is 0 Å². The molecule has 0 fully saturated rings. The highest BCUT2D eigenvalue weighted by Crippen LogP contribution is 1.93. The Balaban J connectivity index is 3.39. The van der Waals surface area contributed by atoms with E-state index < -0.39 is 13.5 Å². The maximum atomic E-state index is 7.76. The molecule has 0 unspecified atom stereocenters. The lowest BCUT2D eigenvalue weighted by molar-refractivity contribution is -0.428. The molecule has 0 amide bonds. The fourth-order valence-corrected chi connectivity index (χ4v) is 0.141. The smallest absolute Gasteiger partial charge is 0.402 e. The molecule has 48 valence electrons. The maximum Gasteiger partial charge on any atom is 0.639 e. The van der Waals surface area contributed by atoms with Crippen LogP contribution in [0.3, 0.4) is 0 Å². The summed E-state index contributed by atoms with van der Waals surface area (Å²) in [6.45, 7) is 0. The van der Waals surface area contributed by atoms with Crippen LogP contribution in [0.25, 0.3) is 0 Å². The van der Waals surface area contributed by atoms with Crippen LogP contribution >= 0.6 is 0 Å².